The smallest absolute Gasteiger partial charge is 0.149 e. The second kappa shape index (κ2) is 3.95. The number of aldehydes is 1. The minimum absolute atomic E-state index is 0.287. The lowest BCUT2D eigenvalue weighted by atomic mass is 10.0. The van der Waals surface area contributed by atoms with Gasteiger partial charge < -0.3 is 4.74 Å². The molecule has 0 saturated heterocycles. The second-order valence-electron chi connectivity index (χ2n) is 3.60. The molecule has 0 amide bonds. The van der Waals surface area contributed by atoms with E-state index in [0.717, 1.165) is 17.4 Å². The Balaban J connectivity index is 2.33. The molecule has 15 heavy (non-hydrogen) atoms. The Kier molecular flexibility index (Phi) is 2.64. The lowest BCUT2D eigenvalue weighted by molar-refractivity contribution is -0.105. The molecule has 1 aliphatic rings. The average Bonchev–Trinajstić information content (AvgIpc) is 2.61. The lowest BCUT2D eigenvalue weighted by Crippen LogP contribution is -2.01. The molecule has 3 heteroatoms. The maximum atomic E-state index is 12.7. The molecule has 0 N–H and O–H groups in total. The van der Waals surface area contributed by atoms with E-state index >= 15 is 0 Å². The van der Waals surface area contributed by atoms with Crippen LogP contribution in [0.4, 0.5) is 4.39 Å². The zero-order valence-corrected chi connectivity index (χ0v) is 8.37. The number of halogens is 1. The fourth-order valence-corrected chi connectivity index (χ4v) is 1.68. The van der Waals surface area contributed by atoms with Crippen molar-refractivity contribution in [3.8, 4) is 0 Å². The van der Waals surface area contributed by atoms with Crippen molar-refractivity contribution < 1.29 is 13.9 Å². The van der Waals surface area contributed by atoms with Crippen LogP contribution in [-0.4, -0.2) is 12.9 Å². The monoisotopic (exact) mass is 206 g/mol. The number of ether oxygens (including phenoxy) is 1. The minimum atomic E-state index is -0.330. The van der Waals surface area contributed by atoms with E-state index in [2.05, 4.69) is 0 Å². The molecule has 0 aromatic heterocycles. The summed E-state index contributed by atoms with van der Waals surface area (Å²) < 4.78 is 18.2. The van der Waals surface area contributed by atoms with Crippen LogP contribution in [0, 0.1) is 5.82 Å². The molecule has 1 aromatic carbocycles. The van der Waals surface area contributed by atoms with E-state index in [-0.39, 0.29) is 11.9 Å². The van der Waals surface area contributed by atoms with Crippen LogP contribution in [0.5, 0.6) is 0 Å². The summed E-state index contributed by atoms with van der Waals surface area (Å²) in [4.78, 5) is 10.9. The van der Waals surface area contributed by atoms with Gasteiger partial charge in [-0.05, 0) is 30.2 Å². The molecule has 1 aliphatic heterocycles. The Morgan fingerprint density at radius 2 is 2.07 bits per heavy atom. The highest BCUT2D eigenvalue weighted by molar-refractivity contribution is 5.77. The predicted octanol–water partition coefficient (Wildman–Crippen LogP) is 2.41. The highest BCUT2D eigenvalue weighted by Crippen LogP contribution is 2.32. The van der Waals surface area contributed by atoms with Gasteiger partial charge in [0.05, 0.1) is 6.61 Å². The molecule has 0 saturated carbocycles. The summed E-state index contributed by atoms with van der Waals surface area (Å²) in [7, 11) is 0. The van der Waals surface area contributed by atoms with E-state index in [1.54, 1.807) is 12.1 Å². The molecule has 0 radical (unpaired) electrons. The standard InChI is InChI=1S/C12H11FO2/c1-8-7-15-12(11(8)6-14)9-2-4-10(13)5-3-9/h2-6,12H,7H2,1H3/t12-/m1/s1. The van der Waals surface area contributed by atoms with Crippen molar-refractivity contribution >= 4 is 6.29 Å². The van der Waals surface area contributed by atoms with Gasteiger partial charge in [-0.3, -0.25) is 4.79 Å². The van der Waals surface area contributed by atoms with Crippen molar-refractivity contribution in [3.05, 3.63) is 46.8 Å². The van der Waals surface area contributed by atoms with Gasteiger partial charge in [-0.15, -0.1) is 0 Å². The molecule has 2 rings (SSSR count). The average molecular weight is 206 g/mol. The van der Waals surface area contributed by atoms with E-state index in [1.807, 2.05) is 6.92 Å². The molecule has 1 atom stereocenters. The summed E-state index contributed by atoms with van der Waals surface area (Å²) in [6, 6.07) is 6.02. The van der Waals surface area contributed by atoms with Gasteiger partial charge in [-0.25, -0.2) is 4.39 Å². The SMILES string of the molecule is CC1=C(C=O)[C@@H](c2ccc(F)cc2)OC1. The highest BCUT2D eigenvalue weighted by Gasteiger charge is 2.25. The van der Waals surface area contributed by atoms with Crippen molar-refractivity contribution in [2.45, 2.75) is 13.0 Å². The Morgan fingerprint density at radius 3 is 2.67 bits per heavy atom. The van der Waals surface area contributed by atoms with E-state index in [1.165, 1.54) is 12.1 Å². The van der Waals surface area contributed by atoms with Crippen LogP contribution in [0.25, 0.3) is 0 Å². The third-order valence-electron chi connectivity index (χ3n) is 2.54. The Hall–Kier alpha value is -1.48. The largest absolute Gasteiger partial charge is 0.364 e. The first-order chi connectivity index (χ1) is 7.22. The first kappa shape index (κ1) is 10.1. The number of carbonyl (C=O) groups excluding carboxylic acids is 1. The summed E-state index contributed by atoms with van der Waals surface area (Å²) in [5.74, 6) is -0.287. The zero-order valence-electron chi connectivity index (χ0n) is 8.37. The molecule has 0 spiro atoms. The van der Waals surface area contributed by atoms with E-state index in [0.29, 0.717) is 12.2 Å². The quantitative estimate of drug-likeness (QED) is 0.694. The van der Waals surface area contributed by atoms with Gasteiger partial charge >= 0.3 is 0 Å². The van der Waals surface area contributed by atoms with E-state index in [4.69, 9.17) is 4.74 Å². The van der Waals surface area contributed by atoms with E-state index in [9.17, 15) is 9.18 Å². The van der Waals surface area contributed by atoms with Crippen molar-refractivity contribution in [2.24, 2.45) is 0 Å². The van der Waals surface area contributed by atoms with Crippen LogP contribution >= 0.6 is 0 Å². The van der Waals surface area contributed by atoms with Gasteiger partial charge in [0.2, 0.25) is 0 Å². The first-order valence-corrected chi connectivity index (χ1v) is 4.74. The van der Waals surface area contributed by atoms with Crippen LogP contribution < -0.4 is 0 Å². The van der Waals surface area contributed by atoms with Gasteiger partial charge in [0.25, 0.3) is 0 Å². The van der Waals surface area contributed by atoms with Crippen LogP contribution in [-0.2, 0) is 9.53 Å². The number of hydrogen-bond donors (Lipinski definition) is 0. The summed E-state index contributed by atoms with van der Waals surface area (Å²) in [6.45, 7) is 2.34. The van der Waals surface area contributed by atoms with Crippen LogP contribution in [0.2, 0.25) is 0 Å². The molecule has 1 heterocycles. The molecule has 0 aliphatic carbocycles. The minimum Gasteiger partial charge on any atom is -0.364 e. The third kappa shape index (κ3) is 1.83. The maximum absolute atomic E-state index is 12.7. The third-order valence-corrected chi connectivity index (χ3v) is 2.54. The molecular weight excluding hydrogens is 195 g/mol. The molecule has 78 valence electrons. The zero-order chi connectivity index (χ0) is 10.8. The fourth-order valence-electron chi connectivity index (χ4n) is 1.68. The number of benzene rings is 1. The molecule has 0 unspecified atom stereocenters. The summed E-state index contributed by atoms with van der Waals surface area (Å²) >= 11 is 0. The van der Waals surface area contributed by atoms with Gasteiger partial charge in [0, 0.05) is 5.57 Å². The highest BCUT2D eigenvalue weighted by atomic mass is 19.1. The normalized spacial score (nSPS) is 20.8. The van der Waals surface area contributed by atoms with E-state index < -0.39 is 0 Å². The summed E-state index contributed by atoms with van der Waals surface area (Å²) in [5, 5.41) is 0. The Morgan fingerprint density at radius 1 is 1.40 bits per heavy atom. The summed E-state index contributed by atoms with van der Waals surface area (Å²) in [6.07, 6.45) is 0.485. The van der Waals surface area contributed by atoms with Crippen molar-refractivity contribution in [1.82, 2.24) is 0 Å². The lowest BCUT2D eigenvalue weighted by Gasteiger charge is -2.11. The topological polar surface area (TPSA) is 26.3 Å². The van der Waals surface area contributed by atoms with Crippen molar-refractivity contribution in [1.29, 1.82) is 0 Å². The van der Waals surface area contributed by atoms with Crippen LogP contribution in [0.1, 0.15) is 18.6 Å². The first-order valence-electron chi connectivity index (χ1n) is 4.74. The number of hydrogen-bond acceptors (Lipinski definition) is 2. The van der Waals surface area contributed by atoms with Gasteiger partial charge in [-0.2, -0.15) is 0 Å². The van der Waals surface area contributed by atoms with Crippen molar-refractivity contribution in [2.75, 3.05) is 6.61 Å². The fraction of sp³-hybridized carbons (Fsp3) is 0.250. The molecule has 0 fully saturated rings. The summed E-state index contributed by atoms with van der Waals surface area (Å²) in [5.41, 5.74) is 2.41. The Labute approximate surface area is 87.4 Å². The number of carbonyl (C=O) groups is 1. The Bertz CT molecular complexity index is 406. The van der Waals surface area contributed by atoms with Crippen molar-refractivity contribution in [3.63, 3.8) is 0 Å². The molecule has 2 nitrogen and oxygen atoms in total. The molecule has 0 bridgehead atoms. The van der Waals surface area contributed by atoms with Gasteiger partial charge in [0.1, 0.15) is 18.2 Å². The van der Waals surface area contributed by atoms with Crippen LogP contribution in [0.3, 0.4) is 0 Å². The van der Waals surface area contributed by atoms with Gasteiger partial charge in [-0.1, -0.05) is 12.1 Å². The maximum Gasteiger partial charge on any atom is 0.149 e. The second-order valence-corrected chi connectivity index (χ2v) is 3.60. The molecule has 1 aromatic rings. The molecular formula is C12H11FO2. The predicted molar refractivity (Wildman–Crippen MR) is 53.9 cm³/mol. The van der Waals surface area contributed by atoms with Crippen LogP contribution in [0.15, 0.2) is 35.4 Å². The number of rotatable bonds is 2. The van der Waals surface area contributed by atoms with Gasteiger partial charge in [0.15, 0.2) is 0 Å².